The summed E-state index contributed by atoms with van der Waals surface area (Å²) in [5.74, 6) is -3.47. The number of hydrogen-bond acceptors (Lipinski definition) is 2. The Hall–Kier alpha value is -1.98. The van der Waals surface area contributed by atoms with Gasteiger partial charge in [0, 0.05) is 18.7 Å². The van der Waals surface area contributed by atoms with E-state index in [9.17, 15) is 18.4 Å². The van der Waals surface area contributed by atoms with Crippen LogP contribution in [-0.2, 0) is 4.79 Å². The average molecular weight is 297 g/mol. The highest BCUT2D eigenvalue weighted by atomic mass is 19.1. The Bertz CT molecular complexity index is 589. The molecule has 6 heteroatoms. The summed E-state index contributed by atoms with van der Waals surface area (Å²) in [5.41, 5.74) is 0.0300. The number of rotatable bonds is 2. The number of carbonyl (C=O) groups excluding carboxylic acids is 1. The van der Waals surface area contributed by atoms with Gasteiger partial charge in [-0.1, -0.05) is 0 Å². The number of hydrogen-bond donors (Lipinski definition) is 1. The van der Waals surface area contributed by atoms with E-state index in [0.717, 1.165) is 0 Å². The lowest BCUT2D eigenvalue weighted by Crippen LogP contribution is -2.46. The molecule has 21 heavy (non-hydrogen) atoms. The number of nitrogens with zero attached hydrogens (tertiary/aromatic N) is 1. The molecule has 1 heterocycles. The number of piperidine rings is 1. The minimum Gasteiger partial charge on any atom is -0.481 e. The minimum atomic E-state index is -0.893. The molecule has 2 unspecified atom stereocenters. The first-order valence-electron chi connectivity index (χ1n) is 6.80. The number of amides is 1. The van der Waals surface area contributed by atoms with Crippen molar-refractivity contribution in [2.75, 3.05) is 6.54 Å². The number of benzene rings is 1. The van der Waals surface area contributed by atoms with Crippen LogP contribution in [0, 0.1) is 24.5 Å². The van der Waals surface area contributed by atoms with Gasteiger partial charge in [-0.2, -0.15) is 0 Å². The van der Waals surface area contributed by atoms with Crippen molar-refractivity contribution < 1.29 is 23.5 Å². The quantitative estimate of drug-likeness (QED) is 0.913. The lowest BCUT2D eigenvalue weighted by Gasteiger charge is -2.36. The van der Waals surface area contributed by atoms with Gasteiger partial charge in [0.1, 0.15) is 11.6 Å². The minimum absolute atomic E-state index is 0.172. The van der Waals surface area contributed by atoms with Crippen molar-refractivity contribution in [3.05, 3.63) is 34.9 Å². The fraction of sp³-hybridized carbons (Fsp3) is 0.467. The van der Waals surface area contributed by atoms with Gasteiger partial charge in [0.2, 0.25) is 0 Å². The van der Waals surface area contributed by atoms with Crippen molar-refractivity contribution in [1.29, 1.82) is 0 Å². The number of carboxylic acid groups (broad SMARTS) is 1. The number of aliphatic carboxylic acids is 1. The second-order valence-corrected chi connectivity index (χ2v) is 5.49. The zero-order valence-corrected chi connectivity index (χ0v) is 11.9. The molecule has 1 fully saturated rings. The number of halogens is 2. The van der Waals surface area contributed by atoms with Crippen LogP contribution in [0.2, 0.25) is 0 Å². The zero-order chi connectivity index (χ0) is 15.7. The largest absolute Gasteiger partial charge is 0.481 e. The van der Waals surface area contributed by atoms with Crippen LogP contribution < -0.4 is 0 Å². The Kier molecular flexibility index (Phi) is 4.25. The first-order chi connectivity index (χ1) is 9.81. The maximum atomic E-state index is 13.8. The molecule has 2 atom stereocenters. The Labute approximate surface area is 121 Å². The summed E-state index contributed by atoms with van der Waals surface area (Å²) in [5, 5.41) is 9.00. The topological polar surface area (TPSA) is 57.6 Å². The highest BCUT2D eigenvalue weighted by molar-refractivity contribution is 5.95. The Balaban J connectivity index is 2.21. The second-order valence-electron chi connectivity index (χ2n) is 5.49. The van der Waals surface area contributed by atoms with Crippen molar-refractivity contribution in [1.82, 2.24) is 4.90 Å². The van der Waals surface area contributed by atoms with Crippen molar-refractivity contribution >= 4 is 11.9 Å². The van der Waals surface area contributed by atoms with Gasteiger partial charge in [0.15, 0.2) is 0 Å². The van der Waals surface area contributed by atoms with Crippen molar-refractivity contribution in [3.63, 3.8) is 0 Å². The standard InChI is InChI=1S/C15H17F2NO3/c1-8-5-11(13(17)7-12(8)16)14(19)18-4-3-10(15(20)21)6-9(18)2/h5,7,9-10H,3-4,6H2,1-2H3,(H,20,21). The molecule has 4 nitrogen and oxygen atoms in total. The fourth-order valence-electron chi connectivity index (χ4n) is 2.67. The molecule has 0 spiro atoms. The highest BCUT2D eigenvalue weighted by Crippen LogP contribution is 2.26. The monoisotopic (exact) mass is 297 g/mol. The molecule has 1 aromatic carbocycles. The highest BCUT2D eigenvalue weighted by Gasteiger charge is 2.33. The third-order valence-electron chi connectivity index (χ3n) is 3.96. The fourth-order valence-corrected chi connectivity index (χ4v) is 2.67. The molecule has 1 amide bonds. The zero-order valence-electron chi connectivity index (χ0n) is 11.9. The number of aryl methyl sites for hydroxylation is 1. The summed E-state index contributed by atoms with van der Waals surface area (Å²) in [6.07, 6.45) is 0.677. The summed E-state index contributed by atoms with van der Waals surface area (Å²) in [6.45, 7) is 3.46. The molecule has 1 N–H and O–H groups in total. The summed E-state index contributed by atoms with van der Waals surface area (Å²) in [6, 6.07) is 1.61. The van der Waals surface area contributed by atoms with Gasteiger partial charge in [0.25, 0.3) is 5.91 Å². The summed E-state index contributed by atoms with van der Waals surface area (Å²) in [7, 11) is 0. The third kappa shape index (κ3) is 3.04. The molecule has 0 aromatic heterocycles. The van der Waals surface area contributed by atoms with Crippen LogP contribution in [0.25, 0.3) is 0 Å². The maximum Gasteiger partial charge on any atom is 0.306 e. The van der Waals surface area contributed by atoms with Gasteiger partial charge in [0.05, 0.1) is 11.5 Å². The van der Waals surface area contributed by atoms with E-state index < -0.39 is 29.4 Å². The van der Waals surface area contributed by atoms with Gasteiger partial charge in [-0.05, 0) is 38.3 Å². The van der Waals surface area contributed by atoms with E-state index in [-0.39, 0.29) is 23.7 Å². The number of carbonyl (C=O) groups is 2. The first-order valence-corrected chi connectivity index (χ1v) is 6.80. The molecule has 0 radical (unpaired) electrons. The van der Waals surface area contributed by atoms with Crippen LogP contribution in [0.5, 0.6) is 0 Å². The molecule has 0 aliphatic carbocycles. The SMILES string of the molecule is Cc1cc(C(=O)N2CCC(C(=O)O)CC2C)c(F)cc1F. The first kappa shape index (κ1) is 15.4. The van der Waals surface area contributed by atoms with Crippen molar-refractivity contribution in [2.24, 2.45) is 5.92 Å². The van der Waals surface area contributed by atoms with Crippen LogP contribution in [-0.4, -0.2) is 34.5 Å². The molecular formula is C15H17F2NO3. The van der Waals surface area contributed by atoms with E-state index in [0.29, 0.717) is 18.9 Å². The lowest BCUT2D eigenvalue weighted by molar-refractivity contribution is -0.143. The Morgan fingerprint density at radius 2 is 1.95 bits per heavy atom. The maximum absolute atomic E-state index is 13.8. The van der Waals surface area contributed by atoms with Crippen LogP contribution in [0.3, 0.4) is 0 Å². The van der Waals surface area contributed by atoms with E-state index in [2.05, 4.69) is 0 Å². The molecule has 0 saturated carbocycles. The average Bonchev–Trinajstić information content (AvgIpc) is 2.42. The van der Waals surface area contributed by atoms with Gasteiger partial charge < -0.3 is 10.0 Å². The van der Waals surface area contributed by atoms with E-state index >= 15 is 0 Å². The van der Waals surface area contributed by atoms with E-state index in [1.165, 1.54) is 17.9 Å². The molecule has 1 aromatic rings. The molecule has 1 aliphatic rings. The van der Waals surface area contributed by atoms with E-state index in [1.807, 2.05) is 0 Å². The Morgan fingerprint density at radius 1 is 1.29 bits per heavy atom. The summed E-state index contributed by atoms with van der Waals surface area (Å²) < 4.78 is 27.0. The molecule has 0 bridgehead atoms. The van der Waals surface area contributed by atoms with Crippen LogP contribution in [0.4, 0.5) is 8.78 Å². The van der Waals surface area contributed by atoms with E-state index in [4.69, 9.17) is 5.11 Å². The Morgan fingerprint density at radius 3 is 2.52 bits per heavy atom. The predicted octanol–water partition coefficient (Wildman–Crippen LogP) is 2.60. The predicted molar refractivity (Wildman–Crippen MR) is 72.0 cm³/mol. The van der Waals surface area contributed by atoms with Gasteiger partial charge in [-0.25, -0.2) is 8.78 Å². The number of carboxylic acids is 1. The summed E-state index contributed by atoms with van der Waals surface area (Å²) >= 11 is 0. The summed E-state index contributed by atoms with van der Waals surface area (Å²) in [4.78, 5) is 24.8. The lowest BCUT2D eigenvalue weighted by atomic mass is 9.91. The van der Waals surface area contributed by atoms with E-state index in [1.54, 1.807) is 6.92 Å². The molecule has 1 saturated heterocycles. The van der Waals surface area contributed by atoms with Crippen molar-refractivity contribution in [2.45, 2.75) is 32.7 Å². The molecular weight excluding hydrogens is 280 g/mol. The normalized spacial score (nSPS) is 22.2. The second kappa shape index (κ2) is 5.79. The molecule has 114 valence electrons. The van der Waals surface area contributed by atoms with Crippen LogP contribution in [0.15, 0.2) is 12.1 Å². The van der Waals surface area contributed by atoms with Gasteiger partial charge >= 0.3 is 5.97 Å². The van der Waals surface area contributed by atoms with Crippen molar-refractivity contribution in [3.8, 4) is 0 Å². The third-order valence-corrected chi connectivity index (χ3v) is 3.96. The number of likely N-dealkylation sites (tertiary alicyclic amines) is 1. The smallest absolute Gasteiger partial charge is 0.306 e. The molecule has 1 aliphatic heterocycles. The van der Waals surface area contributed by atoms with Gasteiger partial charge in [-0.3, -0.25) is 9.59 Å². The van der Waals surface area contributed by atoms with Gasteiger partial charge in [-0.15, -0.1) is 0 Å². The van der Waals surface area contributed by atoms with Crippen LogP contribution in [0.1, 0.15) is 35.7 Å². The molecule has 2 rings (SSSR count). The van der Waals surface area contributed by atoms with Crippen LogP contribution >= 0.6 is 0 Å².